The number of piperazine rings is 1. The second-order valence-corrected chi connectivity index (χ2v) is 6.87. The Morgan fingerprint density at radius 2 is 2.00 bits per heavy atom. The van der Waals surface area contributed by atoms with Gasteiger partial charge in [-0.05, 0) is 32.5 Å². The zero-order valence-corrected chi connectivity index (χ0v) is 15.9. The molecule has 1 aromatic heterocycles. The van der Waals surface area contributed by atoms with Crippen LogP contribution >= 0.6 is 0 Å². The largest absolute Gasteiger partial charge is 0.485 e. The summed E-state index contributed by atoms with van der Waals surface area (Å²) >= 11 is 0. The van der Waals surface area contributed by atoms with Crippen molar-refractivity contribution in [1.29, 1.82) is 0 Å². The Hall–Kier alpha value is -1.99. The lowest BCUT2D eigenvalue weighted by Gasteiger charge is -2.35. The molecule has 7 heteroatoms. The molecule has 0 radical (unpaired) electrons. The van der Waals surface area contributed by atoms with E-state index in [-0.39, 0.29) is 18.5 Å². The summed E-state index contributed by atoms with van der Waals surface area (Å²) < 4.78 is 20.9. The molecule has 2 heterocycles. The molecular formula is C19H28FN5O. The second-order valence-electron chi connectivity index (χ2n) is 6.87. The summed E-state index contributed by atoms with van der Waals surface area (Å²) in [5.74, 6) is 1.80. The third-order valence-electron chi connectivity index (χ3n) is 4.80. The molecule has 1 unspecified atom stereocenters. The molecule has 0 saturated carbocycles. The highest BCUT2D eigenvalue weighted by Crippen LogP contribution is 2.21. The minimum Gasteiger partial charge on any atom is -0.485 e. The predicted molar refractivity (Wildman–Crippen MR) is 98.5 cm³/mol. The fourth-order valence-electron chi connectivity index (χ4n) is 3.23. The number of ether oxygens (including phenoxy) is 1. The molecule has 0 N–H and O–H groups in total. The van der Waals surface area contributed by atoms with Crippen molar-refractivity contribution in [2.45, 2.75) is 39.5 Å². The molecule has 0 spiro atoms. The maximum atomic E-state index is 13.3. The lowest BCUT2D eigenvalue weighted by molar-refractivity contribution is 0.113. The van der Waals surface area contributed by atoms with Gasteiger partial charge in [0.2, 0.25) is 0 Å². The maximum absolute atomic E-state index is 13.3. The van der Waals surface area contributed by atoms with Crippen molar-refractivity contribution in [2.75, 3.05) is 33.2 Å². The fraction of sp³-hybridized carbons (Fsp3) is 0.579. The van der Waals surface area contributed by atoms with Crippen LogP contribution in [0.4, 0.5) is 4.39 Å². The van der Waals surface area contributed by atoms with Crippen LogP contribution in [0.3, 0.4) is 0 Å². The van der Waals surface area contributed by atoms with Crippen molar-refractivity contribution >= 4 is 0 Å². The Balaban J connectivity index is 1.71. The molecule has 1 atom stereocenters. The molecule has 1 fully saturated rings. The number of likely N-dealkylation sites (N-methyl/N-ethyl adjacent to an activating group) is 1. The summed E-state index contributed by atoms with van der Waals surface area (Å²) in [5, 5.41) is 4.62. The highest BCUT2D eigenvalue weighted by molar-refractivity contribution is 5.22. The predicted octanol–water partition coefficient (Wildman–Crippen LogP) is 2.71. The molecule has 0 aliphatic carbocycles. The van der Waals surface area contributed by atoms with Gasteiger partial charge in [0, 0.05) is 38.8 Å². The Bertz CT molecular complexity index is 712. The second kappa shape index (κ2) is 8.60. The topological polar surface area (TPSA) is 46.4 Å². The molecule has 3 rings (SSSR count). The number of aryl methyl sites for hydroxylation is 1. The first kappa shape index (κ1) is 18.8. The van der Waals surface area contributed by atoms with Gasteiger partial charge >= 0.3 is 0 Å². The van der Waals surface area contributed by atoms with Crippen molar-refractivity contribution in [3.05, 3.63) is 41.7 Å². The van der Waals surface area contributed by atoms with Gasteiger partial charge in [-0.15, -0.1) is 0 Å². The van der Waals surface area contributed by atoms with Gasteiger partial charge in [0.1, 0.15) is 24.0 Å². The van der Waals surface area contributed by atoms with E-state index in [0.717, 1.165) is 45.0 Å². The molecule has 1 aliphatic rings. The summed E-state index contributed by atoms with van der Waals surface area (Å²) in [7, 11) is 2.16. The van der Waals surface area contributed by atoms with E-state index in [1.165, 1.54) is 12.1 Å². The molecule has 1 saturated heterocycles. The Morgan fingerprint density at radius 3 is 2.69 bits per heavy atom. The van der Waals surface area contributed by atoms with Crippen LogP contribution in [0, 0.1) is 5.82 Å². The number of aromatic nitrogens is 3. The van der Waals surface area contributed by atoms with E-state index >= 15 is 0 Å². The van der Waals surface area contributed by atoms with Crippen molar-refractivity contribution in [2.24, 2.45) is 0 Å². The highest BCUT2D eigenvalue weighted by atomic mass is 19.1. The number of nitrogens with zero attached hydrogens (tertiary/aromatic N) is 5. The van der Waals surface area contributed by atoms with Gasteiger partial charge in [-0.3, -0.25) is 4.90 Å². The summed E-state index contributed by atoms with van der Waals surface area (Å²) in [5.41, 5.74) is 0. The number of hydrogen-bond donors (Lipinski definition) is 0. The zero-order valence-electron chi connectivity index (χ0n) is 15.9. The fourth-order valence-corrected chi connectivity index (χ4v) is 3.23. The van der Waals surface area contributed by atoms with Gasteiger partial charge in [-0.2, -0.15) is 5.10 Å². The molecule has 142 valence electrons. The third-order valence-corrected chi connectivity index (χ3v) is 4.80. The molecule has 1 aromatic carbocycles. The summed E-state index contributed by atoms with van der Waals surface area (Å²) in [6, 6.07) is 6.35. The minimum atomic E-state index is -0.309. The van der Waals surface area contributed by atoms with E-state index in [1.807, 2.05) is 4.68 Å². The standard InChI is InChI=1S/C19H28FN5O/c1-4-8-25-19(15(2)24-11-9-23(3)10-12-24)21-18(22-25)14-26-17-7-5-6-16(20)13-17/h5-7,13,15H,4,8-12,14H2,1-3H3. The van der Waals surface area contributed by atoms with Crippen molar-refractivity contribution in [1.82, 2.24) is 24.6 Å². The van der Waals surface area contributed by atoms with Crippen LogP contribution in [-0.2, 0) is 13.2 Å². The molecule has 6 nitrogen and oxygen atoms in total. The van der Waals surface area contributed by atoms with Crippen LogP contribution < -0.4 is 4.74 Å². The van der Waals surface area contributed by atoms with Crippen LogP contribution in [0.1, 0.15) is 38.0 Å². The first-order valence-corrected chi connectivity index (χ1v) is 9.31. The summed E-state index contributed by atoms with van der Waals surface area (Å²) in [6.07, 6.45) is 0.996. The molecular weight excluding hydrogens is 333 g/mol. The van der Waals surface area contributed by atoms with Gasteiger partial charge in [0.25, 0.3) is 0 Å². The van der Waals surface area contributed by atoms with Crippen molar-refractivity contribution in [3.63, 3.8) is 0 Å². The van der Waals surface area contributed by atoms with Gasteiger partial charge in [0.15, 0.2) is 5.82 Å². The average molecular weight is 361 g/mol. The van der Waals surface area contributed by atoms with E-state index in [2.05, 4.69) is 35.8 Å². The Morgan fingerprint density at radius 1 is 1.23 bits per heavy atom. The lowest BCUT2D eigenvalue weighted by Crippen LogP contribution is -2.45. The van der Waals surface area contributed by atoms with Gasteiger partial charge in [-0.25, -0.2) is 14.1 Å². The van der Waals surface area contributed by atoms with E-state index in [0.29, 0.717) is 11.6 Å². The SMILES string of the molecule is CCCn1nc(COc2cccc(F)c2)nc1C(C)N1CCN(C)CC1. The quantitative estimate of drug-likeness (QED) is 0.759. The molecule has 1 aliphatic heterocycles. The van der Waals surface area contributed by atoms with Crippen LogP contribution in [-0.4, -0.2) is 57.8 Å². The third kappa shape index (κ3) is 4.59. The first-order chi connectivity index (χ1) is 12.6. The number of benzene rings is 1. The normalized spacial score (nSPS) is 17.4. The van der Waals surface area contributed by atoms with Gasteiger partial charge in [-0.1, -0.05) is 13.0 Å². The van der Waals surface area contributed by atoms with Crippen LogP contribution in [0.2, 0.25) is 0 Å². The number of halogens is 1. The van der Waals surface area contributed by atoms with Crippen molar-refractivity contribution < 1.29 is 9.13 Å². The van der Waals surface area contributed by atoms with Crippen LogP contribution in [0.15, 0.2) is 24.3 Å². The first-order valence-electron chi connectivity index (χ1n) is 9.31. The molecule has 0 bridgehead atoms. The van der Waals surface area contributed by atoms with E-state index in [9.17, 15) is 4.39 Å². The molecule has 26 heavy (non-hydrogen) atoms. The lowest BCUT2D eigenvalue weighted by atomic mass is 10.2. The number of rotatable bonds is 7. The smallest absolute Gasteiger partial charge is 0.188 e. The summed E-state index contributed by atoms with van der Waals surface area (Å²) in [6.45, 7) is 9.61. The molecule has 2 aromatic rings. The average Bonchev–Trinajstić information content (AvgIpc) is 3.03. The van der Waals surface area contributed by atoms with Crippen LogP contribution in [0.5, 0.6) is 5.75 Å². The van der Waals surface area contributed by atoms with Gasteiger partial charge in [0.05, 0.1) is 6.04 Å². The monoisotopic (exact) mass is 361 g/mol. The summed E-state index contributed by atoms with van der Waals surface area (Å²) in [4.78, 5) is 9.54. The Kier molecular flexibility index (Phi) is 6.21. The highest BCUT2D eigenvalue weighted by Gasteiger charge is 2.25. The number of hydrogen-bond acceptors (Lipinski definition) is 5. The van der Waals surface area contributed by atoms with Crippen molar-refractivity contribution in [3.8, 4) is 5.75 Å². The van der Waals surface area contributed by atoms with E-state index < -0.39 is 0 Å². The Labute approximate surface area is 154 Å². The van der Waals surface area contributed by atoms with Gasteiger partial charge < -0.3 is 9.64 Å². The van der Waals surface area contributed by atoms with E-state index in [1.54, 1.807) is 12.1 Å². The van der Waals surface area contributed by atoms with E-state index in [4.69, 9.17) is 9.72 Å². The molecule has 0 amide bonds. The maximum Gasteiger partial charge on any atom is 0.188 e. The minimum absolute atomic E-state index is 0.214. The zero-order chi connectivity index (χ0) is 18.5. The van der Waals surface area contributed by atoms with Crippen LogP contribution in [0.25, 0.3) is 0 Å².